The molecule has 7 heteroatoms. The van der Waals surface area contributed by atoms with Gasteiger partial charge in [-0.25, -0.2) is 4.39 Å². The number of hydrogen-bond donors (Lipinski definition) is 0. The SMILES string of the molecule is COc1c(-c2ccc(OC3CCCCN3C3CO[C@@H](C=O)C3)c(F)c2)ccc2cccnc12. The quantitative estimate of drug-likeness (QED) is 0.512. The molecule has 2 fully saturated rings. The van der Waals surface area contributed by atoms with Gasteiger partial charge < -0.3 is 19.0 Å². The Labute approximate surface area is 192 Å². The third kappa shape index (κ3) is 4.30. The molecule has 5 rings (SSSR count). The molecule has 2 aliphatic heterocycles. The molecule has 2 aliphatic rings. The van der Waals surface area contributed by atoms with Crippen LogP contribution in [0.15, 0.2) is 48.7 Å². The lowest BCUT2D eigenvalue weighted by Gasteiger charge is -2.39. The van der Waals surface area contributed by atoms with Gasteiger partial charge in [0.05, 0.1) is 13.7 Å². The van der Waals surface area contributed by atoms with Crippen molar-refractivity contribution in [2.45, 2.75) is 44.1 Å². The monoisotopic (exact) mass is 450 g/mol. The summed E-state index contributed by atoms with van der Waals surface area (Å²) in [6, 6.07) is 12.8. The number of halogens is 1. The first kappa shape index (κ1) is 21.8. The number of aldehydes is 1. The van der Waals surface area contributed by atoms with E-state index in [1.165, 1.54) is 6.07 Å². The summed E-state index contributed by atoms with van der Waals surface area (Å²) in [5, 5.41) is 0.962. The van der Waals surface area contributed by atoms with Gasteiger partial charge in [0.15, 0.2) is 23.5 Å². The van der Waals surface area contributed by atoms with Crippen LogP contribution in [0.3, 0.4) is 0 Å². The molecule has 3 heterocycles. The molecule has 0 saturated carbocycles. The van der Waals surface area contributed by atoms with Gasteiger partial charge in [0.1, 0.15) is 17.9 Å². The number of carbonyl (C=O) groups excluding carboxylic acids is 1. The number of hydrogen-bond acceptors (Lipinski definition) is 6. The third-order valence-corrected chi connectivity index (χ3v) is 6.55. The summed E-state index contributed by atoms with van der Waals surface area (Å²) in [7, 11) is 1.60. The van der Waals surface area contributed by atoms with E-state index in [9.17, 15) is 4.79 Å². The standard InChI is InChI=1S/C26H27FN2O4/c1-31-26-21(9-7-17-5-4-11-28-25(17)26)18-8-10-23(22(27)13-18)33-24-6-2-3-12-29(24)19-14-20(15-30)32-16-19/h4-5,7-11,13,15,19-20,24H,2-3,6,12,14,16H2,1H3/t19?,20-,24?/m1/s1. The van der Waals surface area contributed by atoms with Gasteiger partial charge in [-0.05, 0) is 55.5 Å². The van der Waals surface area contributed by atoms with Gasteiger partial charge in [-0.3, -0.25) is 9.88 Å². The highest BCUT2D eigenvalue weighted by atomic mass is 19.1. The zero-order valence-corrected chi connectivity index (χ0v) is 18.6. The van der Waals surface area contributed by atoms with E-state index >= 15 is 4.39 Å². The summed E-state index contributed by atoms with van der Waals surface area (Å²) in [5.74, 6) is 0.416. The van der Waals surface area contributed by atoms with Crippen LogP contribution in [0, 0.1) is 5.82 Å². The summed E-state index contributed by atoms with van der Waals surface area (Å²) < 4.78 is 32.5. The lowest BCUT2D eigenvalue weighted by atomic mass is 10.0. The predicted molar refractivity (Wildman–Crippen MR) is 123 cm³/mol. The molecule has 0 aliphatic carbocycles. The fraction of sp³-hybridized carbons (Fsp3) is 0.385. The number of rotatable bonds is 6. The van der Waals surface area contributed by atoms with Gasteiger partial charge in [0.25, 0.3) is 0 Å². The van der Waals surface area contributed by atoms with Crippen molar-refractivity contribution in [2.24, 2.45) is 0 Å². The van der Waals surface area contributed by atoms with Crippen LogP contribution < -0.4 is 9.47 Å². The van der Waals surface area contributed by atoms with E-state index < -0.39 is 5.82 Å². The third-order valence-electron chi connectivity index (χ3n) is 6.55. The molecular formula is C26H27FN2O4. The molecule has 2 unspecified atom stereocenters. The molecule has 33 heavy (non-hydrogen) atoms. The second-order valence-corrected chi connectivity index (χ2v) is 8.57. The summed E-state index contributed by atoms with van der Waals surface area (Å²) in [5.41, 5.74) is 2.21. The minimum Gasteiger partial charge on any atom is -0.494 e. The lowest BCUT2D eigenvalue weighted by molar-refractivity contribution is -0.115. The molecule has 172 valence electrons. The molecule has 6 nitrogen and oxygen atoms in total. The Morgan fingerprint density at radius 1 is 1.21 bits per heavy atom. The van der Waals surface area contributed by atoms with Crippen molar-refractivity contribution < 1.29 is 23.4 Å². The molecular weight excluding hydrogens is 423 g/mol. The molecule has 0 bridgehead atoms. The molecule has 0 N–H and O–H groups in total. The van der Waals surface area contributed by atoms with Crippen LogP contribution in [0.4, 0.5) is 4.39 Å². The van der Waals surface area contributed by atoms with Crippen LogP contribution in [0.5, 0.6) is 11.5 Å². The number of piperidine rings is 1. The Kier molecular flexibility index (Phi) is 6.24. The van der Waals surface area contributed by atoms with E-state index in [-0.39, 0.29) is 24.1 Å². The van der Waals surface area contributed by atoms with Crippen molar-refractivity contribution in [3.63, 3.8) is 0 Å². The van der Waals surface area contributed by atoms with E-state index in [0.29, 0.717) is 24.3 Å². The molecule has 3 atom stereocenters. The molecule has 1 aromatic heterocycles. The van der Waals surface area contributed by atoms with Gasteiger partial charge in [-0.15, -0.1) is 0 Å². The Balaban J connectivity index is 1.39. The molecule has 0 radical (unpaired) electrons. The highest BCUT2D eigenvalue weighted by molar-refractivity contribution is 5.92. The molecule has 2 aromatic carbocycles. The number of likely N-dealkylation sites (tertiary alicyclic amines) is 1. The fourth-order valence-electron chi connectivity index (χ4n) is 4.90. The van der Waals surface area contributed by atoms with Crippen molar-refractivity contribution in [1.82, 2.24) is 9.88 Å². The number of fused-ring (bicyclic) bond motifs is 1. The summed E-state index contributed by atoms with van der Waals surface area (Å²) >= 11 is 0. The van der Waals surface area contributed by atoms with Gasteiger partial charge in [0, 0.05) is 29.7 Å². The van der Waals surface area contributed by atoms with Gasteiger partial charge in [0.2, 0.25) is 0 Å². The van der Waals surface area contributed by atoms with Crippen LogP contribution in [0.25, 0.3) is 22.0 Å². The number of pyridine rings is 1. The number of benzene rings is 2. The maximum Gasteiger partial charge on any atom is 0.165 e. The number of nitrogens with zero attached hydrogens (tertiary/aromatic N) is 2. The second kappa shape index (κ2) is 9.45. The number of carbonyl (C=O) groups is 1. The second-order valence-electron chi connectivity index (χ2n) is 8.57. The topological polar surface area (TPSA) is 60.9 Å². The minimum atomic E-state index is -0.422. The van der Waals surface area contributed by atoms with E-state index in [4.69, 9.17) is 14.2 Å². The highest BCUT2D eigenvalue weighted by Crippen LogP contribution is 2.37. The van der Waals surface area contributed by atoms with Crippen molar-refractivity contribution in [3.05, 3.63) is 54.5 Å². The van der Waals surface area contributed by atoms with E-state index in [1.54, 1.807) is 19.4 Å². The lowest BCUT2D eigenvalue weighted by Crippen LogP contribution is -2.49. The van der Waals surface area contributed by atoms with E-state index in [0.717, 1.165) is 48.6 Å². The van der Waals surface area contributed by atoms with Gasteiger partial charge in [-0.2, -0.15) is 0 Å². The number of ether oxygens (including phenoxy) is 3. The van der Waals surface area contributed by atoms with Crippen LogP contribution in [-0.2, 0) is 9.53 Å². The molecule has 2 saturated heterocycles. The normalized spacial score (nSPS) is 23.5. The maximum absolute atomic E-state index is 15.2. The van der Waals surface area contributed by atoms with Crippen molar-refractivity contribution >= 4 is 17.2 Å². The van der Waals surface area contributed by atoms with Crippen LogP contribution >= 0.6 is 0 Å². The average Bonchev–Trinajstić information content (AvgIpc) is 3.34. The van der Waals surface area contributed by atoms with Crippen molar-refractivity contribution in [3.8, 4) is 22.6 Å². The summed E-state index contributed by atoms with van der Waals surface area (Å²) in [6.07, 6.45) is 5.52. The largest absolute Gasteiger partial charge is 0.494 e. The predicted octanol–water partition coefficient (Wildman–Crippen LogP) is 4.60. The van der Waals surface area contributed by atoms with E-state index in [2.05, 4.69) is 9.88 Å². The van der Waals surface area contributed by atoms with Crippen LogP contribution in [0.2, 0.25) is 0 Å². The smallest absolute Gasteiger partial charge is 0.165 e. The van der Waals surface area contributed by atoms with Crippen LogP contribution in [0.1, 0.15) is 25.7 Å². The first-order valence-corrected chi connectivity index (χ1v) is 11.4. The Morgan fingerprint density at radius 3 is 2.91 bits per heavy atom. The average molecular weight is 451 g/mol. The first-order chi connectivity index (χ1) is 16.2. The van der Waals surface area contributed by atoms with Gasteiger partial charge >= 0.3 is 0 Å². The van der Waals surface area contributed by atoms with Gasteiger partial charge in [-0.1, -0.05) is 18.2 Å². The summed E-state index contributed by atoms with van der Waals surface area (Å²) in [6.45, 7) is 1.35. The number of methoxy groups -OCH3 is 1. The Bertz CT molecular complexity index is 1150. The van der Waals surface area contributed by atoms with Crippen molar-refractivity contribution in [1.29, 1.82) is 0 Å². The molecule has 0 amide bonds. The zero-order valence-electron chi connectivity index (χ0n) is 18.6. The minimum absolute atomic E-state index is 0.113. The maximum atomic E-state index is 15.2. The fourth-order valence-corrected chi connectivity index (χ4v) is 4.90. The number of aromatic nitrogens is 1. The summed E-state index contributed by atoms with van der Waals surface area (Å²) in [4.78, 5) is 17.7. The zero-order chi connectivity index (χ0) is 22.8. The highest BCUT2D eigenvalue weighted by Gasteiger charge is 2.36. The van der Waals surface area contributed by atoms with Crippen molar-refractivity contribution in [2.75, 3.05) is 20.3 Å². The van der Waals surface area contributed by atoms with Crippen LogP contribution in [-0.4, -0.2) is 54.8 Å². The molecule has 0 spiro atoms. The molecule has 3 aromatic rings. The first-order valence-electron chi connectivity index (χ1n) is 11.4. The Hall–Kier alpha value is -3.03. The Morgan fingerprint density at radius 2 is 2.12 bits per heavy atom. The van der Waals surface area contributed by atoms with E-state index in [1.807, 2.05) is 30.3 Å².